The molecule has 272 valence electrons. The molecule has 14 heteroatoms. The smallest absolute Gasteiger partial charge is 0.413 e. The van der Waals surface area contributed by atoms with Crippen LogP contribution in [0.15, 0.2) is 59.7 Å². The highest BCUT2D eigenvalue weighted by Gasteiger charge is 2.62. The van der Waals surface area contributed by atoms with Crippen LogP contribution >= 0.6 is 23.2 Å². The zero-order valence-electron chi connectivity index (χ0n) is 29.0. The van der Waals surface area contributed by atoms with E-state index in [1.165, 1.54) is 55.3 Å². The van der Waals surface area contributed by atoms with E-state index in [1.807, 2.05) is 26.8 Å². The third kappa shape index (κ3) is 8.17. The number of hydrogen-bond acceptors (Lipinski definition) is 9. The summed E-state index contributed by atoms with van der Waals surface area (Å²) in [5.74, 6) is -3.26. The first-order valence-electron chi connectivity index (χ1n) is 16.6. The first-order chi connectivity index (χ1) is 24.2. The summed E-state index contributed by atoms with van der Waals surface area (Å²) >= 11 is 12.9. The summed E-state index contributed by atoms with van der Waals surface area (Å²) in [6.45, 7) is 8.97. The predicted octanol–water partition coefficient (Wildman–Crippen LogP) is 6.56. The van der Waals surface area contributed by atoms with Crippen molar-refractivity contribution in [2.24, 2.45) is 17.3 Å². The largest absolute Gasteiger partial charge is 0.495 e. The van der Waals surface area contributed by atoms with Gasteiger partial charge in [-0.05, 0) is 48.2 Å². The Kier molecular flexibility index (Phi) is 11.7. The maximum atomic E-state index is 15.9. The summed E-state index contributed by atoms with van der Waals surface area (Å²) in [6, 6.07) is 9.26. The molecular formula is C37H41Cl2FN4O7. The van der Waals surface area contributed by atoms with Crippen LogP contribution in [0, 0.1) is 34.4 Å². The van der Waals surface area contributed by atoms with E-state index >= 15 is 4.39 Å². The van der Waals surface area contributed by atoms with Crippen LogP contribution in [0.3, 0.4) is 0 Å². The summed E-state index contributed by atoms with van der Waals surface area (Å²) in [6.07, 6.45) is 3.88. The van der Waals surface area contributed by atoms with Crippen molar-refractivity contribution in [2.45, 2.75) is 57.9 Å². The maximum Gasteiger partial charge on any atom is 0.413 e. The van der Waals surface area contributed by atoms with Gasteiger partial charge in [0.1, 0.15) is 17.0 Å². The molecule has 2 aliphatic heterocycles. The van der Waals surface area contributed by atoms with Crippen LogP contribution in [0.4, 0.5) is 14.9 Å². The van der Waals surface area contributed by atoms with Crippen molar-refractivity contribution in [3.05, 3.63) is 81.6 Å². The second kappa shape index (κ2) is 15.6. The van der Waals surface area contributed by atoms with Gasteiger partial charge in [0.15, 0.2) is 0 Å². The Labute approximate surface area is 306 Å². The number of amides is 2. The molecule has 2 aromatic rings. The van der Waals surface area contributed by atoms with Crippen molar-refractivity contribution in [1.82, 2.24) is 10.2 Å². The summed E-state index contributed by atoms with van der Waals surface area (Å²) in [7, 11) is 1.38. The number of hydrogen-bond donors (Lipinski definition) is 2. The van der Waals surface area contributed by atoms with Gasteiger partial charge in [0.05, 0.1) is 43.7 Å². The third-order valence-electron chi connectivity index (χ3n) is 9.26. The Morgan fingerprint density at radius 1 is 1.16 bits per heavy atom. The van der Waals surface area contributed by atoms with Crippen LogP contribution in [0.25, 0.3) is 0 Å². The first kappa shape index (κ1) is 38.1. The Morgan fingerprint density at radius 2 is 1.88 bits per heavy atom. The quantitative estimate of drug-likeness (QED) is 0.216. The van der Waals surface area contributed by atoms with Crippen molar-refractivity contribution in [2.75, 3.05) is 38.7 Å². The minimum absolute atomic E-state index is 0.0796. The van der Waals surface area contributed by atoms with Gasteiger partial charge in [-0.3, -0.25) is 4.79 Å². The number of morpholine rings is 1. The zero-order valence-corrected chi connectivity index (χ0v) is 30.5. The number of carbonyl (C=O) groups is 3. The fourth-order valence-corrected chi connectivity index (χ4v) is 7.45. The van der Waals surface area contributed by atoms with Crippen molar-refractivity contribution in [1.29, 1.82) is 5.26 Å². The number of nitrogens with one attached hydrogen (secondary N) is 2. The molecule has 11 nitrogen and oxygen atoms in total. The van der Waals surface area contributed by atoms with Gasteiger partial charge in [0.2, 0.25) is 12.2 Å². The molecule has 0 bridgehead atoms. The molecule has 3 unspecified atom stereocenters. The Balaban J connectivity index is 1.42. The van der Waals surface area contributed by atoms with E-state index < -0.39 is 59.4 Å². The molecule has 2 heterocycles. The highest BCUT2D eigenvalue weighted by atomic mass is 35.5. The summed E-state index contributed by atoms with van der Waals surface area (Å²) in [5.41, 5.74) is -1.44. The monoisotopic (exact) mass is 742 g/mol. The van der Waals surface area contributed by atoms with Crippen LogP contribution < -0.4 is 15.4 Å². The van der Waals surface area contributed by atoms with E-state index in [0.717, 1.165) is 0 Å². The number of nitrogens with zero attached hydrogens (tertiary/aromatic N) is 2. The van der Waals surface area contributed by atoms with Gasteiger partial charge in [0, 0.05) is 53.5 Å². The molecule has 6 atom stereocenters. The molecule has 0 aromatic heterocycles. The molecular weight excluding hydrogens is 702 g/mol. The predicted molar refractivity (Wildman–Crippen MR) is 189 cm³/mol. The number of rotatable bonds is 9. The lowest BCUT2D eigenvalue weighted by Gasteiger charge is -2.39. The SMILES string of the molecule is COc1cc(C(=O)OC(C)OC(=O)N2CCOCC2)ccc1NC(=O)[C@@H]1NC(CC(C)(C)C)[C@](C#N)(c2ccc(Cl)cc2F)[C@H]1C1C=CC=C1Cl. The number of benzene rings is 2. The molecule has 1 aliphatic carbocycles. The third-order valence-corrected chi connectivity index (χ3v) is 9.87. The minimum Gasteiger partial charge on any atom is -0.495 e. The highest BCUT2D eigenvalue weighted by Crippen LogP contribution is 2.53. The number of nitriles is 1. The summed E-state index contributed by atoms with van der Waals surface area (Å²) < 4.78 is 37.3. The lowest BCUT2D eigenvalue weighted by molar-refractivity contribution is -0.119. The van der Waals surface area contributed by atoms with Crippen molar-refractivity contribution < 1.29 is 37.7 Å². The number of ether oxygens (including phenoxy) is 4. The number of anilines is 1. The van der Waals surface area contributed by atoms with Crippen molar-refractivity contribution in [3.63, 3.8) is 0 Å². The fourth-order valence-electron chi connectivity index (χ4n) is 7.01. The van der Waals surface area contributed by atoms with Crippen LogP contribution in [-0.4, -0.2) is 74.7 Å². The van der Waals surface area contributed by atoms with Gasteiger partial charge in [-0.15, -0.1) is 0 Å². The van der Waals surface area contributed by atoms with E-state index in [9.17, 15) is 19.6 Å². The van der Waals surface area contributed by atoms with Crippen LogP contribution in [0.5, 0.6) is 5.75 Å². The Morgan fingerprint density at radius 3 is 2.49 bits per heavy atom. The molecule has 2 fully saturated rings. The molecule has 2 aromatic carbocycles. The minimum atomic E-state index is -1.54. The maximum absolute atomic E-state index is 15.9. The average Bonchev–Trinajstić information content (AvgIpc) is 3.64. The van der Waals surface area contributed by atoms with Crippen LogP contribution in [0.2, 0.25) is 5.02 Å². The van der Waals surface area contributed by atoms with E-state index in [0.29, 0.717) is 37.8 Å². The zero-order chi connectivity index (χ0) is 37.1. The van der Waals surface area contributed by atoms with Gasteiger partial charge in [-0.1, -0.05) is 62.2 Å². The van der Waals surface area contributed by atoms with E-state index in [4.69, 9.17) is 42.1 Å². The molecule has 2 N–H and O–H groups in total. The second-order valence-electron chi connectivity index (χ2n) is 13.9. The van der Waals surface area contributed by atoms with Gasteiger partial charge in [0.25, 0.3) is 0 Å². The molecule has 0 saturated carbocycles. The first-order valence-corrected chi connectivity index (χ1v) is 17.3. The lowest BCUT2D eigenvalue weighted by Crippen LogP contribution is -2.47. The van der Waals surface area contributed by atoms with Crippen LogP contribution in [0.1, 0.15) is 50.0 Å². The number of halogens is 3. The lowest BCUT2D eigenvalue weighted by atomic mass is 9.61. The highest BCUT2D eigenvalue weighted by molar-refractivity contribution is 6.30. The fraction of sp³-hybridized carbons (Fsp3) is 0.459. The molecule has 51 heavy (non-hydrogen) atoms. The molecule has 2 saturated heterocycles. The Bertz CT molecular complexity index is 1770. The van der Waals surface area contributed by atoms with E-state index in [1.54, 1.807) is 12.2 Å². The number of esters is 1. The number of methoxy groups -OCH3 is 1. The van der Waals surface area contributed by atoms with Crippen molar-refractivity contribution in [3.8, 4) is 11.8 Å². The normalized spacial score (nSPS) is 25.1. The number of allylic oxidation sites excluding steroid dienone is 4. The summed E-state index contributed by atoms with van der Waals surface area (Å²) in [5, 5.41) is 18.0. The van der Waals surface area contributed by atoms with Crippen LogP contribution in [-0.2, 0) is 24.4 Å². The van der Waals surface area contributed by atoms with E-state index in [2.05, 4.69) is 16.7 Å². The Hall–Kier alpha value is -4.15. The molecule has 5 rings (SSSR count). The molecule has 0 radical (unpaired) electrons. The van der Waals surface area contributed by atoms with Crippen molar-refractivity contribution >= 4 is 46.9 Å². The van der Waals surface area contributed by atoms with Gasteiger partial charge >= 0.3 is 12.1 Å². The second-order valence-corrected chi connectivity index (χ2v) is 14.8. The summed E-state index contributed by atoms with van der Waals surface area (Å²) in [4.78, 5) is 41.2. The molecule has 3 aliphatic rings. The van der Waals surface area contributed by atoms with Gasteiger partial charge in [-0.2, -0.15) is 5.26 Å². The number of carbonyl (C=O) groups excluding carboxylic acids is 3. The van der Waals surface area contributed by atoms with Gasteiger partial charge in [-0.25, -0.2) is 14.0 Å². The topological polar surface area (TPSA) is 139 Å². The molecule has 0 spiro atoms. The standard InChI is InChI=1S/C37H41Cl2FN4O7/c1-21(51-35(47)44-13-15-49-16-14-44)50-34(46)22-9-12-28(29(17-22)48-5)42-33(45)32-31(24-7-6-8-26(24)39)37(20-41,30(43-32)19-36(2,3)4)25-11-10-23(38)18-27(25)40/h6-12,17-18,21,24,30-32,43H,13-16,19H2,1-5H3,(H,42,45)/t21?,24?,30?,31-,32+,37-/m0/s1. The average molecular weight is 744 g/mol. The van der Waals surface area contributed by atoms with E-state index in [-0.39, 0.29) is 33.0 Å². The van der Waals surface area contributed by atoms with Gasteiger partial charge < -0.3 is 34.5 Å². The molecule has 2 amide bonds.